The highest BCUT2D eigenvalue weighted by atomic mass is 19.1. The second-order valence-corrected chi connectivity index (χ2v) is 5.11. The van der Waals surface area contributed by atoms with E-state index in [1.165, 1.54) is 12.1 Å². The number of anilines is 1. The van der Waals surface area contributed by atoms with Crippen molar-refractivity contribution < 1.29 is 13.9 Å². The summed E-state index contributed by atoms with van der Waals surface area (Å²) in [6.45, 7) is 5.87. The molecule has 6 nitrogen and oxygen atoms in total. The molecule has 0 atom stereocenters. The number of rotatable bonds is 5. The summed E-state index contributed by atoms with van der Waals surface area (Å²) in [6.07, 6.45) is -0.535. The van der Waals surface area contributed by atoms with Crippen LogP contribution in [-0.2, 0) is 4.74 Å². The molecule has 20 heavy (non-hydrogen) atoms. The van der Waals surface area contributed by atoms with Crippen molar-refractivity contribution in [2.45, 2.75) is 26.4 Å². The van der Waals surface area contributed by atoms with Crippen LogP contribution in [0.3, 0.4) is 0 Å². The Bertz CT molecular complexity index is 486. The van der Waals surface area contributed by atoms with Crippen LogP contribution in [0.4, 0.5) is 20.6 Å². The van der Waals surface area contributed by atoms with E-state index in [-0.39, 0.29) is 17.9 Å². The predicted molar refractivity (Wildman–Crippen MR) is 74.6 cm³/mol. The van der Waals surface area contributed by atoms with E-state index in [0.29, 0.717) is 6.54 Å². The molecule has 0 radical (unpaired) electrons. The fraction of sp³-hybridized carbons (Fsp3) is 0.462. The first-order valence-electron chi connectivity index (χ1n) is 6.15. The van der Waals surface area contributed by atoms with Crippen molar-refractivity contribution in [3.05, 3.63) is 28.9 Å². The Labute approximate surface area is 116 Å². The van der Waals surface area contributed by atoms with Crippen molar-refractivity contribution in [3.63, 3.8) is 0 Å². The topological polar surface area (TPSA) is 79.8 Å². The molecule has 0 aromatic heterocycles. The van der Waals surface area contributed by atoms with Crippen molar-refractivity contribution in [1.82, 2.24) is 5.32 Å². The first-order chi connectivity index (χ1) is 9.31. The third-order valence-electron chi connectivity index (χ3n) is 2.17. The Kier molecular flexibility index (Phi) is 5.42. The molecule has 0 saturated heterocycles. The SMILES string of the molecule is CC(C)(C)OC(=O)NCCNc1cc(F)ccc1N=O. The molecule has 110 valence electrons. The standard InChI is InChI=1S/C13H18FN3O3/c1-13(2,3)20-12(18)16-7-6-15-11-8-9(14)4-5-10(11)17-19/h4-5,8,15H,6-7H2,1-3H3,(H,16,18). The minimum absolute atomic E-state index is 0.115. The molecule has 1 rings (SSSR count). The first kappa shape index (κ1) is 15.9. The van der Waals surface area contributed by atoms with Crippen LogP contribution in [0.25, 0.3) is 0 Å². The Hall–Kier alpha value is -2.18. The van der Waals surface area contributed by atoms with E-state index in [1.807, 2.05) is 0 Å². The lowest BCUT2D eigenvalue weighted by atomic mass is 10.2. The van der Waals surface area contributed by atoms with Gasteiger partial charge in [0, 0.05) is 13.1 Å². The normalized spacial score (nSPS) is 10.8. The highest BCUT2D eigenvalue weighted by Crippen LogP contribution is 2.24. The molecule has 0 aliphatic carbocycles. The molecule has 0 saturated carbocycles. The van der Waals surface area contributed by atoms with E-state index >= 15 is 0 Å². The van der Waals surface area contributed by atoms with Crippen LogP contribution in [0.2, 0.25) is 0 Å². The summed E-state index contributed by atoms with van der Waals surface area (Å²) >= 11 is 0. The van der Waals surface area contributed by atoms with E-state index in [9.17, 15) is 14.1 Å². The fourth-order valence-corrected chi connectivity index (χ4v) is 1.41. The monoisotopic (exact) mass is 283 g/mol. The summed E-state index contributed by atoms with van der Waals surface area (Å²) in [5.41, 5.74) is -0.163. The summed E-state index contributed by atoms with van der Waals surface area (Å²) in [5, 5.41) is 8.14. The van der Waals surface area contributed by atoms with Gasteiger partial charge in [0.05, 0.1) is 5.69 Å². The lowest BCUT2D eigenvalue weighted by molar-refractivity contribution is 0.0530. The van der Waals surface area contributed by atoms with Crippen LogP contribution in [-0.4, -0.2) is 24.8 Å². The van der Waals surface area contributed by atoms with E-state index in [0.717, 1.165) is 6.07 Å². The molecular weight excluding hydrogens is 265 g/mol. The minimum Gasteiger partial charge on any atom is -0.444 e. The molecule has 0 fully saturated rings. The van der Waals surface area contributed by atoms with Crippen LogP contribution >= 0.6 is 0 Å². The third kappa shape index (κ3) is 5.64. The zero-order chi connectivity index (χ0) is 15.2. The highest BCUT2D eigenvalue weighted by molar-refractivity contribution is 5.68. The van der Waals surface area contributed by atoms with Gasteiger partial charge in [0.15, 0.2) is 0 Å². The van der Waals surface area contributed by atoms with Gasteiger partial charge in [-0.2, -0.15) is 0 Å². The maximum atomic E-state index is 13.0. The number of nitroso groups, excluding NO2 is 1. The second-order valence-electron chi connectivity index (χ2n) is 5.11. The van der Waals surface area contributed by atoms with Crippen molar-refractivity contribution in [2.75, 3.05) is 18.4 Å². The van der Waals surface area contributed by atoms with Crippen molar-refractivity contribution in [1.29, 1.82) is 0 Å². The van der Waals surface area contributed by atoms with Crippen molar-refractivity contribution in [2.24, 2.45) is 5.18 Å². The molecule has 0 aliphatic rings. The maximum absolute atomic E-state index is 13.0. The Balaban J connectivity index is 2.40. The second kappa shape index (κ2) is 6.83. The predicted octanol–water partition coefficient (Wildman–Crippen LogP) is 3.16. The number of alkyl carbamates (subject to hydrolysis) is 1. The van der Waals surface area contributed by atoms with Crippen LogP contribution in [0.1, 0.15) is 20.8 Å². The van der Waals surface area contributed by atoms with Crippen LogP contribution in [0.15, 0.2) is 23.4 Å². The number of nitrogens with one attached hydrogen (secondary N) is 2. The number of carbonyl (C=O) groups excluding carboxylic acids is 1. The number of amides is 1. The molecule has 0 heterocycles. The summed E-state index contributed by atoms with van der Waals surface area (Å²) in [7, 11) is 0. The van der Waals surface area contributed by atoms with Crippen LogP contribution in [0.5, 0.6) is 0 Å². The Morgan fingerprint density at radius 3 is 2.65 bits per heavy atom. The quantitative estimate of drug-likeness (QED) is 0.642. The molecule has 0 bridgehead atoms. The number of ether oxygens (including phenoxy) is 1. The first-order valence-corrected chi connectivity index (χ1v) is 6.15. The van der Waals surface area contributed by atoms with Gasteiger partial charge in [-0.15, -0.1) is 4.91 Å². The number of halogens is 1. The Morgan fingerprint density at radius 1 is 1.35 bits per heavy atom. The van der Waals surface area contributed by atoms with Gasteiger partial charge in [-0.1, -0.05) is 0 Å². The van der Waals surface area contributed by atoms with Gasteiger partial charge >= 0.3 is 6.09 Å². The van der Waals surface area contributed by atoms with Gasteiger partial charge in [0.1, 0.15) is 17.1 Å². The minimum atomic E-state index is -0.561. The summed E-state index contributed by atoms with van der Waals surface area (Å²) in [4.78, 5) is 21.9. The molecule has 1 amide bonds. The van der Waals surface area contributed by atoms with Gasteiger partial charge in [-0.25, -0.2) is 9.18 Å². The van der Waals surface area contributed by atoms with Crippen molar-refractivity contribution in [3.8, 4) is 0 Å². The van der Waals surface area contributed by atoms with E-state index in [4.69, 9.17) is 4.74 Å². The fourth-order valence-electron chi connectivity index (χ4n) is 1.41. The molecule has 7 heteroatoms. The molecule has 1 aromatic carbocycles. The zero-order valence-corrected chi connectivity index (χ0v) is 11.7. The number of nitrogens with zero attached hydrogens (tertiary/aromatic N) is 1. The van der Waals surface area contributed by atoms with Gasteiger partial charge in [0.25, 0.3) is 0 Å². The molecular formula is C13H18FN3O3. The highest BCUT2D eigenvalue weighted by Gasteiger charge is 2.15. The zero-order valence-electron chi connectivity index (χ0n) is 11.7. The largest absolute Gasteiger partial charge is 0.444 e. The van der Waals surface area contributed by atoms with Crippen molar-refractivity contribution >= 4 is 17.5 Å². The average Bonchev–Trinajstić information content (AvgIpc) is 2.33. The van der Waals surface area contributed by atoms with E-state index in [1.54, 1.807) is 20.8 Å². The van der Waals surface area contributed by atoms with Crippen LogP contribution < -0.4 is 10.6 Å². The number of carbonyl (C=O) groups is 1. The van der Waals surface area contributed by atoms with E-state index < -0.39 is 17.5 Å². The van der Waals surface area contributed by atoms with Crippen LogP contribution in [0, 0.1) is 10.7 Å². The number of benzene rings is 1. The van der Waals surface area contributed by atoms with Gasteiger partial charge in [-0.05, 0) is 44.1 Å². The van der Waals surface area contributed by atoms with E-state index in [2.05, 4.69) is 15.8 Å². The Morgan fingerprint density at radius 2 is 2.05 bits per heavy atom. The molecule has 1 aromatic rings. The number of hydrogen-bond acceptors (Lipinski definition) is 5. The summed E-state index contributed by atoms with van der Waals surface area (Å²) in [5.74, 6) is -0.472. The smallest absolute Gasteiger partial charge is 0.407 e. The van der Waals surface area contributed by atoms with Gasteiger partial charge in [-0.3, -0.25) is 0 Å². The number of hydrogen-bond donors (Lipinski definition) is 2. The lowest BCUT2D eigenvalue weighted by Crippen LogP contribution is -2.35. The van der Waals surface area contributed by atoms with Gasteiger partial charge in [0.2, 0.25) is 0 Å². The maximum Gasteiger partial charge on any atom is 0.407 e. The molecule has 0 spiro atoms. The average molecular weight is 283 g/mol. The lowest BCUT2D eigenvalue weighted by Gasteiger charge is -2.19. The summed E-state index contributed by atoms with van der Waals surface area (Å²) in [6, 6.07) is 3.61. The molecule has 0 aliphatic heterocycles. The summed E-state index contributed by atoms with van der Waals surface area (Å²) < 4.78 is 18.1. The molecule has 0 unspecified atom stereocenters. The third-order valence-corrected chi connectivity index (χ3v) is 2.17. The van der Waals surface area contributed by atoms with Gasteiger partial charge < -0.3 is 15.4 Å². The molecule has 2 N–H and O–H groups in total.